The number of rotatable bonds is 9. The third kappa shape index (κ3) is 7.12. The summed E-state index contributed by atoms with van der Waals surface area (Å²) in [6.07, 6.45) is 6.25. The molecule has 1 aromatic carbocycles. The van der Waals surface area contributed by atoms with E-state index < -0.39 is 0 Å². The number of benzene rings is 1. The first-order chi connectivity index (χ1) is 9.63. The van der Waals surface area contributed by atoms with Gasteiger partial charge in [0.05, 0.1) is 0 Å². The molecule has 2 nitrogen and oxygen atoms in total. The number of hydrogen-bond acceptors (Lipinski definition) is 2. The van der Waals surface area contributed by atoms with E-state index in [2.05, 4.69) is 31.2 Å². The summed E-state index contributed by atoms with van der Waals surface area (Å²) >= 11 is 0.363. The predicted molar refractivity (Wildman–Crippen MR) is 85.6 cm³/mol. The fourth-order valence-corrected chi connectivity index (χ4v) is 4.68. The minimum absolute atomic E-state index is 0.0225. The van der Waals surface area contributed by atoms with Crippen LogP contribution in [0.2, 0.25) is 4.82 Å². The molecule has 1 rings (SSSR count). The van der Waals surface area contributed by atoms with E-state index in [0.717, 1.165) is 6.42 Å². The number of carbonyl (C=O) groups excluding carboxylic acids is 1. The Morgan fingerprint density at radius 2 is 1.90 bits per heavy atom. The van der Waals surface area contributed by atoms with E-state index in [-0.39, 0.29) is 12.1 Å². The Hall–Kier alpha value is -0.791. The van der Waals surface area contributed by atoms with Gasteiger partial charge >= 0.3 is 129 Å². The third-order valence-corrected chi connectivity index (χ3v) is 6.32. The van der Waals surface area contributed by atoms with Gasteiger partial charge in [0.2, 0.25) is 0 Å². The molecule has 1 aromatic rings. The first-order valence-electron chi connectivity index (χ1n) is 7.52. The van der Waals surface area contributed by atoms with E-state index in [1.54, 1.807) is 0 Å². The molecule has 0 amide bonds. The van der Waals surface area contributed by atoms with Gasteiger partial charge < -0.3 is 0 Å². The molecule has 0 heterocycles. The van der Waals surface area contributed by atoms with Crippen LogP contribution < -0.4 is 4.46 Å². The number of ether oxygens (including phenoxy) is 1. The average Bonchev–Trinajstić information content (AvgIpc) is 2.42. The number of carbonyl (C=O) groups is 1. The van der Waals surface area contributed by atoms with Gasteiger partial charge in [-0.05, 0) is 0 Å². The summed E-state index contributed by atoms with van der Waals surface area (Å²) in [5, 5.41) is 0. The van der Waals surface area contributed by atoms with Crippen molar-refractivity contribution in [3.05, 3.63) is 30.3 Å². The van der Waals surface area contributed by atoms with Crippen molar-refractivity contribution in [2.75, 3.05) is 0 Å². The quantitative estimate of drug-likeness (QED) is 0.389. The van der Waals surface area contributed by atoms with E-state index in [9.17, 15) is 4.79 Å². The van der Waals surface area contributed by atoms with Crippen molar-refractivity contribution < 1.29 is 9.53 Å². The van der Waals surface area contributed by atoms with E-state index >= 15 is 0 Å². The van der Waals surface area contributed by atoms with Gasteiger partial charge in [0, 0.05) is 0 Å². The molecule has 2 atom stereocenters. The molecule has 0 aliphatic heterocycles. The Morgan fingerprint density at radius 1 is 1.20 bits per heavy atom. The van der Waals surface area contributed by atoms with Crippen LogP contribution in [-0.4, -0.2) is 27.0 Å². The van der Waals surface area contributed by atoms with E-state index in [4.69, 9.17) is 4.74 Å². The molecule has 0 N–H and O–H groups in total. The Labute approximate surface area is 129 Å². The van der Waals surface area contributed by atoms with Crippen LogP contribution in [0.25, 0.3) is 0 Å². The normalized spacial score (nSPS) is 13.8. The molecule has 0 radical (unpaired) electrons. The molecule has 0 fully saturated rings. The molecule has 1 unspecified atom stereocenters. The molecule has 0 aromatic heterocycles. The molecule has 0 aliphatic carbocycles. The van der Waals surface area contributed by atoms with Crippen molar-refractivity contribution >= 4 is 25.4 Å². The predicted octanol–water partition coefficient (Wildman–Crippen LogP) is 3.73. The molecule has 0 spiro atoms. The van der Waals surface area contributed by atoms with Crippen LogP contribution >= 0.6 is 0 Å². The Bertz CT molecular complexity index is 378. The van der Waals surface area contributed by atoms with Crippen molar-refractivity contribution in [1.29, 1.82) is 0 Å². The zero-order chi connectivity index (χ0) is 14.8. The van der Waals surface area contributed by atoms with Gasteiger partial charge in [0.15, 0.2) is 0 Å². The molecular weight excluding hydrogens is 315 g/mol. The van der Waals surface area contributed by atoms with Crippen molar-refractivity contribution in [2.24, 2.45) is 0 Å². The number of hydrogen-bond donors (Lipinski definition) is 0. The monoisotopic (exact) mass is 342 g/mol. The maximum absolute atomic E-state index is 11.2. The molecule has 112 valence electrons. The molecule has 3 heteroatoms. The van der Waals surface area contributed by atoms with Crippen LogP contribution in [0, 0.1) is 0 Å². The average molecular weight is 341 g/mol. The summed E-state index contributed by atoms with van der Waals surface area (Å²) in [4.78, 5) is 11.6. The zero-order valence-corrected chi connectivity index (χ0v) is 14.5. The van der Waals surface area contributed by atoms with Crippen LogP contribution in [0.3, 0.4) is 0 Å². The van der Waals surface area contributed by atoms with Crippen molar-refractivity contribution in [3.8, 4) is 0 Å². The van der Waals surface area contributed by atoms with Crippen molar-refractivity contribution in [1.82, 2.24) is 0 Å². The molecule has 0 aliphatic rings. The summed E-state index contributed by atoms with van der Waals surface area (Å²) in [5.74, 6) is -0.167. The van der Waals surface area contributed by atoms with Gasteiger partial charge in [0.25, 0.3) is 0 Å². The Morgan fingerprint density at radius 3 is 2.50 bits per heavy atom. The van der Waals surface area contributed by atoms with E-state index in [0.29, 0.717) is 19.8 Å². The fraction of sp³-hybridized carbons (Fsp3) is 0.588. The van der Waals surface area contributed by atoms with Crippen LogP contribution in [0.1, 0.15) is 52.9 Å². The number of esters is 1. The van der Waals surface area contributed by atoms with Gasteiger partial charge in [-0.25, -0.2) is 0 Å². The third-order valence-electron chi connectivity index (χ3n) is 3.25. The van der Waals surface area contributed by atoms with Crippen molar-refractivity contribution in [3.63, 3.8) is 0 Å². The van der Waals surface area contributed by atoms with Gasteiger partial charge in [-0.2, -0.15) is 0 Å². The second-order valence-corrected chi connectivity index (χ2v) is 7.89. The summed E-state index contributed by atoms with van der Waals surface area (Å²) in [6.45, 7) is 5.77. The molecule has 0 saturated heterocycles. The second kappa shape index (κ2) is 10.0. The maximum atomic E-state index is 11.2. The molecular formula is C17H26O2Se. The Kier molecular flexibility index (Phi) is 8.64. The molecule has 20 heavy (non-hydrogen) atoms. The van der Waals surface area contributed by atoms with Gasteiger partial charge in [-0.3, -0.25) is 0 Å². The standard InChI is InChI=1S/C17H26O2Se/c1-4-5-6-10-13-17(14(2)19-15(3)18)20-16-11-8-7-9-12-16/h7-9,11-12,14,17H,4-6,10,13H2,1-3H3/t14-,17?/m1/s1. The van der Waals surface area contributed by atoms with Gasteiger partial charge in [-0.15, -0.1) is 0 Å². The van der Waals surface area contributed by atoms with Crippen LogP contribution in [0.15, 0.2) is 30.3 Å². The fourth-order valence-electron chi connectivity index (χ4n) is 2.17. The van der Waals surface area contributed by atoms with Gasteiger partial charge in [0.1, 0.15) is 0 Å². The summed E-state index contributed by atoms with van der Waals surface area (Å²) in [7, 11) is 0. The van der Waals surface area contributed by atoms with Crippen molar-refractivity contribution in [2.45, 2.75) is 63.8 Å². The molecule has 0 saturated carbocycles. The summed E-state index contributed by atoms with van der Waals surface area (Å²) in [6, 6.07) is 10.6. The first kappa shape index (κ1) is 17.3. The zero-order valence-electron chi connectivity index (χ0n) is 12.8. The summed E-state index contributed by atoms with van der Waals surface area (Å²) in [5.41, 5.74) is 0. The van der Waals surface area contributed by atoms with E-state index in [1.807, 2.05) is 13.0 Å². The minimum atomic E-state index is -0.167. The Balaban J connectivity index is 2.56. The molecule has 0 bridgehead atoms. The summed E-state index contributed by atoms with van der Waals surface area (Å²) < 4.78 is 6.81. The second-order valence-electron chi connectivity index (χ2n) is 5.13. The van der Waals surface area contributed by atoms with Gasteiger partial charge in [-0.1, -0.05) is 0 Å². The first-order valence-corrected chi connectivity index (χ1v) is 9.37. The van der Waals surface area contributed by atoms with Crippen LogP contribution in [0.4, 0.5) is 0 Å². The topological polar surface area (TPSA) is 26.3 Å². The van der Waals surface area contributed by atoms with Crippen LogP contribution in [0.5, 0.6) is 0 Å². The SMILES string of the molecule is CCCCCCC([Se]c1ccccc1)[C@@H](C)OC(C)=O. The van der Waals surface area contributed by atoms with Crippen LogP contribution in [-0.2, 0) is 9.53 Å². The number of unbranched alkanes of at least 4 members (excludes halogenated alkanes) is 3. The van der Waals surface area contributed by atoms with E-state index in [1.165, 1.54) is 37.1 Å².